The number of ether oxygens (including phenoxy) is 2. The Bertz CT molecular complexity index is 1480. The molecule has 0 rings (SSSR count). The number of likely N-dealkylation sites (N-methyl/N-ethyl adjacent to an activating group) is 1. The molecular weight excluding hydrogens is 978 g/mol. The van der Waals surface area contributed by atoms with Crippen molar-refractivity contribution in [1.82, 2.24) is 0 Å². The van der Waals surface area contributed by atoms with Crippen LogP contribution in [0.3, 0.4) is 0 Å². The second-order valence-electron chi connectivity index (χ2n) is 23.1. The van der Waals surface area contributed by atoms with E-state index in [4.69, 9.17) is 18.5 Å². The fourth-order valence-electron chi connectivity index (χ4n) is 9.30. The van der Waals surface area contributed by atoms with Crippen LogP contribution in [0.4, 0.5) is 0 Å². The van der Waals surface area contributed by atoms with Crippen LogP contribution in [0.5, 0.6) is 0 Å². The lowest BCUT2D eigenvalue weighted by atomic mass is 10.0. The van der Waals surface area contributed by atoms with Gasteiger partial charge in [0.2, 0.25) is 0 Å². The largest absolute Gasteiger partial charge is 0.472 e. The number of esters is 2. The summed E-state index contributed by atoms with van der Waals surface area (Å²) in [5, 5.41) is 0. The molecule has 0 saturated carbocycles. The summed E-state index contributed by atoms with van der Waals surface area (Å²) in [5.41, 5.74) is 0. The number of quaternary nitrogens is 1. The molecule has 0 aromatic rings. The first-order valence-corrected chi connectivity index (χ1v) is 34.0. The van der Waals surface area contributed by atoms with E-state index in [-0.39, 0.29) is 32.0 Å². The van der Waals surface area contributed by atoms with Gasteiger partial charge in [-0.2, -0.15) is 0 Å². The number of hydrogen-bond donors (Lipinski definition) is 1. The lowest BCUT2D eigenvalue weighted by molar-refractivity contribution is -0.870. The van der Waals surface area contributed by atoms with Gasteiger partial charge in [-0.1, -0.05) is 274 Å². The predicted octanol–water partition coefficient (Wildman–Crippen LogP) is 20.7. The highest BCUT2D eigenvalue weighted by atomic mass is 31.2. The van der Waals surface area contributed by atoms with Crippen LogP contribution in [-0.4, -0.2) is 74.9 Å². The Morgan fingerprint density at radius 2 is 0.740 bits per heavy atom. The fourth-order valence-corrected chi connectivity index (χ4v) is 10.0. The van der Waals surface area contributed by atoms with Crippen LogP contribution < -0.4 is 0 Å². The molecule has 1 N–H and O–H groups in total. The van der Waals surface area contributed by atoms with E-state index in [1.165, 1.54) is 193 Å². The van der Waals surface area contributed by atoms with Crippen LogP contribution in [0.1, 0.15) is 303 Å². The van der Waals surface area contributed by atoms with Gasteiger partial charge in [0.05, 0.1) is 27.7 Å². The van der Waals surface area contributed by atoms with Gasteiger partial charge in [-0.05, 0) is 77.0 Å². The summed E-state index contributed by atoms with van der Waals surface area (Å²) in [6, 6.07) is 0. The lowest BCUT2D eigenvalue weighted by Crippen LogP contribution is -2.37. The Balaban J connectivity index is 3.94. The van der Waals surface area contributed by atoms with E-state index in [0.717, 1.165) is 77.0 Å². The van der Waals surface area contributed by atoms with Crippen LogP contribution >= 0.6 is 7.82 Å². The number of phosphoric ester groups is 1. The zero-order chi connectivity index (χ0) is 56.3. The summed E-state index contributed by atoms with van der Waals surface area (Å²) in [6.07, 6.45) is 76.1. The molecule has 0 aromatic carbocycles. The van der Waals surface area contributed by atoms with Crippen molar-refractivity contribution in [3.63, 3.8) is 0 Å². The Morgan fingerprint density at radius 1 is 0.416 bits per heavy atom. The first kappa shape index (κ1) is 74.7. The van der Waals surface area contributed by atoms with Gasteiger partial charge < -0.3 is 18.9 Å². The Kier molecular flexibility index (Phi) is 56.6. The number of carbonyl (C=O) groups excluding carboxylic acids is 2. The minimum atomic E-state index is -4.39. The molecule has 77 heavy (non-hydrogen) atoms. The molecule has 0 bridgehead atoms. The van der Waals surface area contributed by atoms with Gasteiger partial charge in [0.1, 0.15) is 19.8 Å². The first-order valence-electron chi connectivity index (χ1n) is 32.5. The van der Waals surface area contributed by atoms with Crippen molar-refractivity contribution in [2.45, 2.75) is 309 Å². The fraction of sp³-hybridized carbons (Fsp3) is 0.821. The van der Waals surface area contributed by atoms with E-state index in [1.807, 2.05) is 21.1 Å². The van der Waals surface area contributed by atoms with Gasteiger partial charge in [-0.15, -0.1) is 0 Å². The SMILES string of the molecule is CC/C=C\C/C=C\C/C=C\C/C=C\CCCCCCCCCCCCCCCCCCCCCCCCCCC(=O)OC(COC(=O)CCCCCCC/C=C\CCCCCCCCC)COP(=O)(O)OCC[N+](C)(C)C. The molecule has 0 aliphatic carbocycles. The van der Waals surface area contributed by atoms with Crippen molar-refractivity contribution in [2.24, 2.45) is 0 Å². The zero-order valence-electron chi connectivity index (χ0n) is 51.2. The number of nitrogens with zero attached hydrogens (tertiary/aromatic N) is 1. The molecule has 9 nitrogen and oxygen atoms in total. The van der Waals surface area contributed by atoms with E-state index < -0.39 is 26.5 Å². The third-order valence-corrected chi connectivity index (χ3v) is 15.3. The van der Waals surface area contributed by atoms with Crippen LogP contribution in [0.25, 0.3) is 0 Å². The highest BCUT2D eigenvalue weighted by molar-refractivity contribution is 7.47. The number of carbonyl (C=O) groups is 2. The maximum atomic E-state index is 12.8. The first-order chi connectivity index (χ1) is 37.5. The quantitative estimate of drug-likeness (QED) is 0.0211. The van der Waals surface area contributed by atoms with Crippen LogP contribution in [0.15, 0.2) is 60.8 Å². The number of hydrogen-bond acceptors (Lipinski definition) is 7. The third-order valence-electron chi connectivity index (χ3n) is 14.3. The highest BCUT2D eigenvalue weighted by Gasteiger charge is 2.27. The molecule has 450 valence electrons. The molecular formula is C67H125NO8P+. The average molecular weight is 1100 g/mol. The maximum Gasteiger partial charge on any atom is 0.472 e. The molecule has 0 aromatic heterocycles. The van der Waals surface area contributed by atoms with Crippen molar-refractivity contribution in [2.75, 3.05) is 47.5 Å². The van der Waals surface area contributed by atoms with E-state index in [1.54, 1.807) is 0 Å². The highest BCUT2D eigenvalue weighted by Crippen LogP contribution is 2.43. The van der Waals surface area contributed by atoms with Gasteiger partial charge in [-0.25, -0.2) is 4.57 Å². The summed E-state index contributed by atoms with van der Waals surface area (Å²) < 4.78 is 34.6. The number of unbranched alkanes of at least 4 members (excludes halogenated alkanes) is 36. The minimum Gasteiger partial charge on any atom is -0.462 e. The van der Waals surface area contributed by atoms with Gasteiger partial charge >= 0.3 is 19.8 Å². The molecule has 0 fully saturated rings. The molecule has 2 unspecified atom stereocenters. The van der Waals surface area contributed by atoms with E-state index >= 15 is 0 Å². The van der Waals surface area contributed by atoms with Crippen molar-refractivity contribution >= 4 is 19.8 Å². The second kappa shape index (κ2) is 58.4. The van der Waals surface area contributed by atoms with Crippen LogP contribution in [0, 0.1) is 0 Å². The maximum absolute atomic E-state index is 12.8. The number of allylic oxidation sites excluding steroid dienone is 10. The predicted molar refractivity (Wildman–Crippen MR) is 330 cm³/mol. The van der Waals surface area contributed by atoms with E-state index in [2.05, 4.69) is 74.6 Å². The second-order valence-corrected chi connectivity index (χ2v) is 24.6. The summed E-state index contributed by atoms with van der Waals surface area (Å²) in [5.74, 6) is -0.794. The molecule has 0 saturated heterocycles. The van der Waals surface area contributed by atoms with Gasteiger partial charge in [-0.3, -0.25) is 18.6 Å². The van der Waals surface area contributed by atoms with Crippen molar-refractivity contribution in [3.05, 3.63) is 60.8 Å². The van der Waals surface area contributed by atoms with Gasteiger partial charge in [0, 0.05) is 12.8 Å². The number of phosphoric acid groups is 1. The number of rotatable bonds is 60. The summed E-state index contributed by atoms with van der Waals surface area (Å²) in [7, 11) is 1.48. The monoisotopic (exact) mass is 1100 g/mol. The van der Waals surface area contributed by atoms with Crippen molar-refractivity contribution in [3.8, 4) is 0 Å². The summed E-state index contributed by atoms with van der Waals surface area (Å²) in [6.45, 7) is 4.35. The van der Waals surface area contributed by atoms with E-state index in [0.29, 0.717) is 17.4 Å². The smallest absolute Gasteiger partial charge is 0.462 e. The standard InChI is InChI=1S/C67H124NO8P/c1-6-8-10-12-14-16-18-20-22-24-25-26-27-28-29-30-31-32-33-34-35-36-37-38-39-40-41-42-43-44-46-48-50-52-54-56-58-60-67(70)76-65(64-75-77(71,72)74-62-61-68(3,4)5)63-73-66(69)59-57-55-53-51-49-47-45-23-21-19-17-15-13-11-9-7-2/h8,10,14,16,20,22-23,25-26,45,65H,6-7,9,11-13,15,17-19,21,24,27-44,46-64H2,1-5H3/p+1/b10-8-,16-14-,22-20-,26-25-,45-23-. The molecule has 2 atom stereocenters. The molecule has 0 amide bonds. The van der Waals surface area contributed by atoms with Crippen LogP contribution in [0.2, 0.25) is 0 Å². The van der Waals surface area contributed by atoms with Crippen molar-refractivity contribution < 1.29 is 42.1 Å². The van der Waals surface area contributed by atoms with Crippen molar-refractivity contribution in [1.29, 1.82) is 0 Å². The van der Waals surface area contributed by atoms with Crippen LogP contribution in [-0.2, 0) is 32.7 Å². The Hall–Kier alpha value is -2.29. The average Bonchev–Trinajstić information content (AvgIpc) is 3.39. The molecule has 0 heterocycles. The topological polar surface area (TPSA) is 108 Å². The Labute approximate surface area is 476 Å². The molecule has 0 aliphatic heterocycles. The zero-order valence-corrected chi connectivity index (χ0v) is 52.1. The normalized spacial score (nSPS) is 13.6. The van der Waals surface area contributed by atoms with Gasteiger partial charge in [0.15, 0.2) is 6.10 Å². The molecule has 0 aliphatic rings. The summed E-state index contributed by atoms with van der Waals surface area (Å²) >= 11 is 0. The Morgan fingerprint density at radius 3 is 1.12 bits per heavy atom. The van der Waals surface area contributed by atoms with Gasteiger partial charge in [0.25, 0.3) is 0 Å². The van der Waals surface area contributed by atoms with E-state index in [9.17, 15) is 19.0 Å². The lowest BCUT2D eigenvalue weighted by Gasteiger charge is -2.24. The molecule has 10 heteroatoms. The minimum absolute atomic E-state index is 0.0317. The molecule has 0 radical (unpaired) electrons. The summed E-state index contributed by atoms with van der Waals surface area (Å²) in [4.78, 5) is 35.7. The molecule has 0 spiro atoms. The third kappa shape index (κ3) is 62.8.